The van der Waals surface area contributed by atoms with Crippen molar-refractivity contribution in [3.63, 3.8) is 0 Å². The Morgan fingerprint density at radius 1 is 1.22 bits per heavy atom. The maximum absolute atomic E-state index is 6.14. The second-order valence-corrected chi connectivity index (χ2v) is 4.62. The highest BCUT2D eigenvalue weighted by molar-refractivity contribution is 6.34. The number of hydrogen-bond donors (Lipinski definition) is 2. The van der Waals surface area contributed by atoms with Gasteiger partial charge in [-0.15, -0.1) is 0 Å². The molecule has 2 aromatic heterocycles. The van der Waals surface area contributed by atoms with Gasteiger partial charge in [-0.3, -0.25) is 0 Å². The van der Waals surface area contributed by atoms with Gasteiger partial charge in [-0.05, 0) is 18.6 Å². The van der Waals surface area contributed by atoms with E-state index < -0.39 is 0 Å². The Hall–Kier alpha value is -2.00. The molecule has 18 heavy (non-hydrogen) atoms. The van der Waals surface area contributed by atoms with Crippen LogP contribution in [0.25, 0.3) is 22.0 Å². The minimum absolute atomic E-state index is 0.477. The molecule has 0 spiro atoms. The van der Waals surface area contributed by atoms with Gasteiger partial charge in [-0.2, -0.15) is 0 Å². The fraction of sp³-hybridized carbons (Fsp3) is 0.0714. The fourth-order valence-corrected chi connectivity index (χ4v) is 2.36. The number of para-hydroxylation sites is 1. The highest BCUT2D eigenvalue weighted by Gasteiger charge is 2.11. The number of rotatable bonds is 1. The summed E-state index contributed by atoms with van der Waals surface area (Å²) in [6.45, 7) is 2.00. The minimum atomic E-state index is 0.477. The SMILES string of the molecule is Cc1cccc(-c2cnc(Cl)c3[nH]ccc23)c1N. The first-order chi connectivity index (χ1) is 8.68. The number of fused-ring (bicyclic) bond motifs is 1. The van der Waals surface area contributed by atoms with E-state index in [0.717, 1.165) is 33.3 Å². The molecule has 2 heterocycles. The number of pyridine rings is 1. The summed E-state index contributed by atoms with van der Waals surface area (Å²) in [5.41, 5.74) is 10.8. The summed E-state index contributed by atoms with van der Waals surface area (Å²) in [5, 5.41) is 1.51. The van der Waals surface area contributed by atoms with Crippen LogP contribution in [-0.4, -0.2) is 9.97 Å². The molecule has 3 nitrogen and oxygen atoms in total. The predicted octanol–water partition coefficient (Wildman–Crippen LogP) is 3.77. The van der Waals surface area contributed by atoms with Crippen molar-refractivity contribution in [2.45, 2.75) is 6.92 Å². The zero-order chi connectivity index (χ0) is 12.7. The van der Waals surface area contributed by atoms with E-state index in [4.69, 9.17) is 17.3 Å². The average Bonchev–Trinajstić information content (AvgIpc) is 2.84. The molecule has 0 saturated heterocycles. The van der Waals surface area contributed by atoms with Crippen molar-refractivity contribution in [3.8, 4) is 11.1 Å². The zero-order valence-electron chi connectivity index (χ0n) is 9.87. The molecule has 4 heteroatoms. The molecule has 3 N–H and O–H groups in total. The van der Waals surface area contributed by atoms with Crippen molar-refractivity contribution in [2.24, 2.45) is 0 Å². The lowest BCUT2D eigenvalue weighted by molar-refractivity contribution is 1.33. The van der Waals surface area contributed by atoms with Crippen LogP contribution in [0.1, 0.15) is 5.56 Å². The van der Waals surface area contributed by atoms with Crippen LogP contribution in [0.3, 0.4) is 0 Å². The second kappa shape index (κ2) is 4.03. The third-order valence-electron chi connectivity index (χ3n) is 3.16. The van der Waals surface area contributed by atoms with Gasteiger partial charge in [-0.1, -0.05) is 29.8 Å². The van der Waals surface area contributed by atoms with E-state index in [-0.39, 0.29) is 0 Å². The van der Waals surface area contributed by atoms with Crippen LogP contribution in [0.5, 0.6) is 0 Å². The van der Waals surface area contributed by atoms with Gasteiger partial charge in [-0.25, -0.2) is 4.98 Å². The maximum atomic E-state index is 6.14. The smallest absolute Gasteiger partial charge is 0.153 e. The van der Waals surface area contributed by atoms with Crippen molar-refractivity contribution in [1.82, 2.24) is 9.97 Å². The molecule has 0 atom stereocenters. The highest BCUT2D eigenvalue weighted by Crippen LogP contribution is 2.34. The lowest BCUT2D eigenvalue weighted by atomic mass is 10.00. The van der Waals surface area contributed by atoms with Crippen molar-refractivity contribution in [3.05, 3.63) is 47.4 Å². The number of nitrogens with one attached hydrogen (secondary N) is 1. The highest BCUT2D eigenvalue weighted by atomic mass is 35.5. The quantitative estimate of drug-likeness (QED) is 0.515. The Labute approximate surface area is 110 Å². The number of halogens is 1. The Bertz CT molecular complexity index is 731. The summed E-state index contributed by atoms with van der Waals surface area (Å²) in [6.07, 6.45) is 3.62. The van der Waals surface area contributed by atoms with Crippen LogP contribution in [0.4, 0.5) is 5.69 Å². The lowest BCUT2D eigenvalue weighted by Gasteiger charge is -2.09. The van der Waals surface area contributed by atoms with Gasteiger partial charge in [0.2, 0.25) is 0 Å². The molecule has 3 aromatic rings. The fourth-order valence-electron chi connectivity index (χ4n) is 2.15. The van der Waals surface area contributed by atoms with Gasteiger partial charge in [0.25, 0.3) is 0 Å². The van der Waals surface area contributed by atoms with Gasteiger partial charge in [0, 0.05) is 34.6 Å². The van der Waals surface area contributed by atoms with Crippen LogP contribution >= 0.6 is 11.6 Å². The minimum Gasteiger partial charge on any atom is -0.398 e. The number of nitrogens with zero attached hydrogens (tertiary/aromatic N) is 1. The van der Waals surface area contributed by atoms with E-state index >= 15 is 0 Å². The lowest BCUT2D eigenvalue weighted by Crippen LogP contribution is -1.94. The number of aryl methyl sites for hydroxylation is 1. The van der Waals surface area contributed by atoms with Gasteiger partial charge in [0.1, 0.15) is 0 Å². The third-order valence-corrected chi connectivity index (χ3v) is 3.45. The largest absolute Gasteiger partial charge is 0.398 e. The molecule has 1 aromatic carbocycles. The normalized spacial score (nSPS) is 11.0. The molecule has 0 fully saturated rings. The van der Waals surface area contributed by atoms with E-state index in [0.29, 0.717) is 5.15 Å². The molecule has 0 amide bonds. The Balaban J connectivity index is 2.35. The van der Waals surface area contributed by atoms with Gasteiger partial charge in [0.05, 0.1) is 5.52 Å². The summed E-state index contributed by atoms with van der Waals surface area (Å²) < 4.78 is 0. The first-order valence-electron chi connectivity index (χ1n) is 5.65. The van der Waals surface area contributed by atoms with E-state index in [1.807, 2.05) is 37.4 Å². The third kappa shape index (κ3) is 1.56. The van der Waals surface area contributed by atoms with Crippen LogP contribution in [0.2, 0.25) is 5.15 Å². The Morgan fingerprint density at radius 2 is 2.06 bits per heavy atom. The molecule has 0 aliphatic heterocycles. The summed E-state index contributed by atoms with van der Waals surface area (Å²) in [5.74, 6) is 0. The van der Waals surface area contributed by atoms with E-state index in [9.17, 15) is 0 Å². The van der Waals surface area contributed by atoms with Crippen LogP contribution < -0.4 is 5.73 Å². The Morgan fingerprint density at radius 3 is 2.89 bits per heavy atom. The van der Waals surface area contributed by atoms with Gasteiger partial charge in [0.15, 0.2) is 5.15 Å². The number of aromatic nitrogens is 2. The van der Waals surface area contributed by atoms with Crippen LogP contribution in [0.15, 0.2) is 36.7 Å². The molecule has 0 aliphatic rings. The van der Waals surface area contributed by atoms with Crippen molar-refractivity contribution < 1.29 is 0 Å². The first kappa shape index (κ1) is 11.1. The number of nitrogen functional groups attached to an aromatic ring is 1. The molecule has 0 radical (unpaired) electrons. The molecule has 0 aliphatic carbocycles. The van der Waals surface area contributed by atoms with Crippen molar-refractivity contribution >= 4 is 28.2 Å². The zero-order valence-corrected chi connectivity index (χ0v) is 10.6. The number of anilines is 1. The number of hydrogen-bond acceptors (Lipinski definition) is 2. The Kier molecular flexibility index (Phi) is 2.49. The molecular weight excluding hydrogens is 246 g/mol. The van der Waals surface area contributed by atoms with Gasteiger partial charge >= 0.3 is 0 Å². The van der Waals surface area contributed by atoms with E-state index in [1.165, 1.54) is 0 Å². The number of aromatic amines is 1. The summed E-state index contributed by atoms with van der Waals surface area (Å²) in [7, 11) is 0. The molecular formula is C14H12ClN3. The van der Waals surface area contributed by atoms with Crippen LogP contribution in [0, 0.1) is 6.92 Å². The topological polar surface area (TPSA) is 54.7 Å². The van der Waals surface area contributed by atoms with Crippen LogP contribution in [-0.2, 0) is 0 Å². The second-order valence-electron chi connectivity index (χ2n) is 4.27. The number of nitrogens with two attached hydrogens (primary N) is 1. The number of H-pyrrole nitrogens is 1. The van der Waals surface area contributed by atoms with Crippen molar-refractivity contribution in [2.75, 3.05) is 5.73 Å². The average molecular weight is 258 g/mol. The number of benzene rings is 1. The predicted molar refractivity (Wildman–Crippen MR) is 75.7 cm³/mol. The summed E-state index contributed by atoms with van der Waals surface area (Å²) >= 11 is 6.06. The molecule has 0 bridgehead atoms. The molecule has 0 saturated carbocycles. The molecule has 90 valence electrons. The maximum Gasteiger partial charge on any atom is 0.153 e. The van der Waals surface area contributed by atoms with Gasteiger partial charge < -0.3 is 10.7 Å². The summed E-state index contributed by atoms with van der Waals surface area (Å²) in [6, 6.07) is 7.98. The summed E-state index contributed by atoms with van der Waals surface area (Å²) in [4.78, 5) is 7.30. The first-order valence-corrected chi connectivity index (χ1v) is 6.03. The van der Waals surface area contributed by atoms with E-state index in [1.54, 1.807) is 6.20 Å². The van der Waals surface area contributed by atoms with E-state index in [2.05, 4.69) is 9.97 Å². The molecule has 3 rings (SSSR count). The van der Waals surface area contributed by atoms with Crippen molar-refractivity contribution in [1.29, 1.82) is 0 Å². The monoisotopic (exact) mass is 257 g/mol. The molecule has 0 unspecified atom stereocenters. The standard InChI is InChI=1S/C14H12ClN3/c1-8-3-2-4-9(12(8)16)11-7-18-14(15)13-10(11)5-6-17-13/h2-7,17H,16H2,1H3.